The van der Waals surface area contributed by atoms with Crippen molar-refractivity contribution in [1.29, 1.82) is 0 Å². The molecule has 0 fully saturated rings. The van der Waals surface area contributed by atoms with Gasteiger partial charge in [0.1, 0.15) is 6.54 Å². The third-order valence-corrected chi connectivity index (χ3v) is 3.11. The van der Waals surface area contributed by atoms with Gasteiger partial charge in [0.05, 0.1) is 5.69 Å². The van der Waals surface area contributed by atoms with Gasteiger partial charge in [0.25, 0.3) is 0 Å². The SMILES string of the molecule is CC(C)N(CC(=O)O)c1ccc(C(N)=O)cc1Br. The van der Waals surface area contributed by atoms with Crippen LogP contribution in [-0.2, 0) is 4.79 Å². The minimum atomic E-state index is -0.908. The molecule has 0 unspecified atom stereocenters. The van der Waals surface area contributed by atoms with E-state index in [2.05, 4.69) is 15.9 Å². The Balaban J connectivity index is 3.13. The Labute approximate surface area is 114 Å². The highest BCUT2D eigenvalue weighted by atomic mass is 79.9. The quantitative estimate of drug-likeness (QED) is 0.868. The van der Waals surface area contributed by atoms with Crippen LogP contribution in [0.1, 0.15) is 24.2 Å². The molecule has 0 aromatic heterocycles. The van der Waals surface area contributed by atoms with Crippen molar-refractivity contribution < 1.29 is 14.7 Å². The number of rotatable bonds is 5. The second kappa shape index (κ2) is 5.86. The van der Waals surface area contributed by atoms with Crippen LogP contribution in [0.3, 0.4) is 0 Å². The molecule has 1 aromatic carbocycles. The number of halogens is 1. The fraction of sp³-hybridized carbons (Fsp3) is 0.333. The first-order chi connectivity index (χ1) is 8.32. The van der Waals surface area contributed by atoms with Crippen molar-refractivity contribution in [3.05, 3.63) is 28.2 Å². The van der Waals surface area contributed by atoms with Crippen molar-refractivity contribution in [1.82, 2.24) is 0 Å². The van der Waals surface area contributed by atoms with Gasteiger partial charge in [0.2, 0.25) is 5.91 Å². The third-order valence-electron chi connectivity index (χ3n) is 2.47. The molecular weight excluding hydrogens is 300 g/mol. The molecule has 0 aliphatic carbocycles. The number of carboxylic acid groups (broad SMARTS) is 1. The molecular formula is C12H15BrN2O3. The molecule has 18 heavy (non-hydrogen) atoms. The van der Waals surface area contributed by atoms with E-state index in [9.17, 15) is 9.59 Å². The fourth-order valence-corrected chi connectivity index (χ4v) is 2.19. The molecule has 5 nitrogen and oxygen atoms in total. The predicted molar refractivity (Wildman–Crippen MR) is 72.8 cm³/mol. The molecule has 98 valence electrons. The average molecular weight is 315 g/mol. The number of amides is 1. The van der Waals surface area contributed by atoms with Crippen LogP contribution < -0.4 is 10.6 Å². The number of anilines is 1. The van der Waals surface area contributed by atoms with Crippen molar-refractivity contribution in [2.24, 2.45) is 5.73 Å². The van der Waals surface area contributed by atoms with Gasteiger partial charge >= 0.3 is 5.97 Å². The van der Waals surface area contributed by atoms with Gasteiger partial charge in [-0.1, -0.05) is 0 Å². The number of carbonyl (C=O) groups excluding carboxylic acids is 1. The topological polar surface area (TPSA) is 83.6 Å². The summed E-state index contributed by atoms with van der Waals surface area (Å²) in [5.41, 5.74) is 6.28. The summed E-state index contributed by atoms with van der Waals surface area (Å²) in [6, 6.07) is 4.89. The van der Waals surface area contributed by atoms with E-state index in [0.717, 1.165) is 5.69 Å². The number of nitrogens with two attached hydrogens (primary N) is 1. The van der Waals surface area contributed by atoms with Crippen molar-refractivity contribution in [3.8, 4) is 0 Å². The van der Waals surface area contributed by atoms with Crippen LogP contribution in [-0.4, -0.2) is 29.6 Å². The van der Waals surface area contributed by atoms with E-state index < -0.39 is 11.9 Å². The molecule has 0 spiro atoms. The first-order valence-corrected chi connectivity index (χ1v) is 6.20. The average Bonchev–Trinajstić information content (AvgIpc) is 2.25. The van der Waals surface area contributed by atoms with Crippen molar-refractivity contribution >= 4 is 33.5 Å². The lowest BCUT2D eigenvalue weighted by Gasteiger charge is -2.28. The lowest BCUT2D eigenvalue weighted by atomic mass is 10.1. The molecule has 0 atom stereocenters. The molecule has 0 aliphatic rings. The minimum Gasteiger partial charge on any atom is -0.480 e. The number of aliphatic carboxylic acids is 1. The highest BCUT2D eigenvalue weighted by Gasteiger charge is 2.17. The summed E-state index contributed by atoms with van der Waals surface area (Å²) < 4.78 is 0.647. The molecule has 1 aromatic rings. The lowest BCUT2D eigenvalue weighted by molar-refractivity contribution is -0.135. The molecule has 0 heterocycles. The normalized spacial score (nSPS) is 10.4. The van der Waals surface area contributed by atoms with Crippen LogP contribution in [0.5, 0.6) is 0 Å². The molecule has 0 radical (unpaired) electrons. The number of carboxylic acids is 1. The van der Waals surface area contributed by atoms with Gasteiger partial charge in [-0.2, -0.15) is 0 Å². The molecule has 6 heteroatoms. The van der Waals surface area contributed by atoms with E-state index in [1.807, 2.05) is 13.8 Å². The summed E-state index contributed by atoms with van der Waals surface area (Å²) >= 11 is 3.33. The first kappa shape index (κ1) is 14.5. The number of carbonyl (C=O) groups is 2. The van der Waals surface area contributed by atoms with Crippen molar-refractivity contribution in [2.45, 2.75) is 19.9 Å². The number of hydrogen-bond acceptors (Lipinski definition) is 3. The van der Waals surface area contributed by atoms with Crippen LogP contribution >= 0.6 is 15.9 Å². The Hall–Kier alpha value is -1.56. The van der Waals surface area contributed by atoms with E-state index in [1.165, 1.54) is 0 Å². The van der Waals surface area contributed by atoms with Gasteiger partial charge in [-0.15, -0.1) is 0 Å². The van der Waals surface area contributed by atoms with Crippen LogP contribution in [0.4, 0.5) is 5.69 Å². The molecule has 3 N–H and O–H groups in total. The lowest BCUT2D eigenvalue weighted by Crippen LogP contribution is -2.36. The Morgan fingerprint density at radius 2 is 2.06 bits per heavy atom. The van der Waals surface area contributed by atoms with E-state index >= 15 is 0 Å². The summed E-state index contributed by atoms with van der Waals surface area (Å²) in [6.07, 6.45) is 0. The summed E-state index contributed by atoms with van der Waals surface area (Å²) in [5.74, 6) is -1.42. The standard InChI is InChI=1S/C12H15BrN2O3/c1-7(2)15(6-11(16)17)10-4-3-8(12(14)18)5-9(10)13/h3-5,7H,6H2,1-2H3,(H2,14,18)(H,16,17). The summed E-state index contributed by atoms with van der Waals surface area (Å²) in [5, 5.41) is 8.90. The maximum Gasteiger partial charge on any atom is 0.323 e. The highest BCUT2D eigenvalue weighted by Crippen LogP contribution is 2.28. The zero-order chi connectivity index (χ0) is 13.9. The zero-order valence-electron chi connectivity index (χ0n) is 10.2. The van der Waals surface area contributed by atoms with Crippen molar-refractivity contribution in [2.75, 3.05) is 11.4 Å². The highest BCUT2D eigenvalue weighted by molar-refractivity contribution is 9.10. The molecule has 1 amide bonds. The molecule has 0 saturated heterocycles. The number of primary amides is 1. The molecule has 0 saturated carbocycles. The van der Waals surface area contributed by atoms with Crippen LogP contribution in [0.15, 0.2) is 22.7 Å². The first-order valence-electron chi connectivity index (χ1n) is 5.40. The van der Waals surface area contributed by atoms with Gasteiger partial charge in [-0.05, 0) is 48.0 Å². The van der Waals surface area contributed by atoms with Gasteiger partial charge in [0.15, 0.2) is 0 Å². The van der Waals surface area contributed by atoms with Crippen molar-refractivity contribution in [3.63, 3.8) is 0 Å². The van der Waals surface area contributed by atoms with E-state index in [0.29, 0.717) is 10.0 Å². The van der Waals surface area contributed by atoms with E-state index in [-0.39, 0.29) is 12.6 Å². The van der Waals surface area contributed by atoms with E-state index in [1.54, 1.807) is 23.1 Å². The van der Waals surface area contributed by atoms with Gasteiger partial charge in [-0.25, -0.2) is 0 Å². The summed E-state index contributed by atoms with van der Waals surface area (Å²) in [6.45, 7) is 3.70. The van der Waals surface area contributed by atoms with Gasteiger partial charge < -0.3 is 15.7 Å². The molecule has 1 rings (SSSR count). The monoisotopic (exact) mass is 314 g/mol. The Morgan fingerprint density at radius 3 is 2.44 bits per heavy atom. The second-order valence-electron chi connectivity index (χ2n) is 4.15. The maximum atomic E-state index is 11.0. The third kappa shape index (κ3) is 3.46. The van der Waals surface area contributed by atoms with Crippen LogP contribution in [0, 0.1) is 0 Å². The maximum absolute atomic E-state index is 11.0. The number of nitrogens with zero attached hydrogens (tertiary/aromatic N) is 1. The number of benzene rings is 1. The Kier molecular flexibility index (Phi) is 4.72. The van der Waals surface area contributed by atoms with E-state index in [4.69, 9.17) is 10.8 Å². The molecule has 0 bridgehead atoms. The predicted octanol–water partition coefficient (Wildman–Crippen LogP) is 1.85. The van der Waals surface area contributed by atoms with Crippen LogP contribution in [0.25, 0.3) is 0 Å². The largest absolute Gasteiger partial charge is 0.480 e. The Bertz CT molecular complexity index is 474. The Morgan fingerprint density at radius 1 is 1.44 bits per heavy atom. The minimum absolute atomic E-state index is 0.0248. The van der Waals surface area contributed by atoms with Gasteiger partial charge in [0, 0.05) is 16.1 Å². The zero-order valence-corrected chi connectivity index (χ0v) is 11.8. The summed E-state index contributed by atoms with van der Waals surface area (Å²) in [7, 11) is 0. The van der Waals surface area contributed by atoms with Crippen LogP contribution in [0.2, 0.25) is 0 Å². The number of hydrogen-bond donors (Lipinski definition) is 2. The second-order valence-corrected chi connectivity index (χ2v) is 5.00. The smallest absolute Gasteiger partial charge is 0.323 e. The fourth-order valence-electron chi connectivity index (χ4n) is 1.58. The van der Waals surface area contributed by atoms with Gasteiger partial charge in [-0.3, -0.25) is 9.59 Å². The summed E-state index contributed by atoms with van der Waals surface area (Å²) in [4.78, 5) is 23.6. The molecule has 0 aliphatic heterocycles.